The zero-order valence-electron chi connectivity index (χ0n) is 18.3. The molecule has 1 aromatic heterocycles. The van der Waals surface area contributed by atoms with Crippen LogP contribution in [0.5, 0.6) is 5.75 Å². The number of nitrogens with one attached hydrogen (secondary N) is 2. The summed E-state index contributed by atoms with van der Waals surface area (Å²) < 4.78 is 45.4. The van der Waals surface area contributed by atoms with E-state index >= 15 is 0 Å². The second-order valence-electron chi connectivity index (χ2n) is 7.06. The normalized spacial score (nSPS) is 11.2. The fraction of sp³-hybridized carbons (Fsp3) is 0.273. The second kappa shape index (κ2) is 11.1. The zero-order valence-corrected chi connectivity index (χ0v) is 19.2. The summed E-state index contributed by atoms with van der Waals surface area (Å²) in [5.41, 5.74) is -0.194. The first-order valence-electron chi connectivity index (χ1n) is 10.2. The molecule has 0 atom stereocenters. The largest absolute Gasteiger partial charge is 0.494 e. The van der Waals surface area contributed by atoms with Crippen LogP contribution < -0.4 is 15.4 Å². The van der Waals surface area contributed by atoms with Gasteiger partial charge in [0.1, 0.15) is 11.6 Å². The number of thioether (sulfide) groups is 1. The maximum Gasteiger partial charge on any atom is 0.416 e. The van der Waals surface area contributed by atoms with E-state index in [0.717, 1.165) is 23.9 Å². The molecule has 2 N–H and O–H groups in total. The van der Waals surface area contributed by atoms with Gasteiger partial charge in [0.05, 0.1) is 24.3 Å². The van der Waals surface area contributed by atoms with E-state index in [1.54, 1.807) is 35.9 Å². The number of halogens is 3. The molecule has 8 nitrogen and oxygen atoms in total. The Morgan fingerprint density at radius 3 is 2.41 bits per heavy atom. The first kappa shape index (κ1) is 25.1. The molecular weight excluding hydrogens is 471 g/mol. The lowest BCUT2D eigenvalue weighted by molar-refractivity contribution is -0.137. The Balaban J connectivity index is 1.52. The summed E-state index contributed by atoms with van der Waals surface area (Å²) >= 11 is 1.05. The number of aromatic nitrogens is 3. The third kappa shape index (κ3) is 6.98. The van der Waals surface area contributed by atoms with Crippen molar-refractivity contribution in [1.29, 1.82) is 0 Å². The minimum atomic E-state index is -4.50. The van der Waals surface area contributed by atoms with Gasteiger partial charge in [-0.15, -0.1) is 10.2 Å². The monoisotopic (exact) mass is 493 g/mol. The zero-order chi connectivity index (χ0) is 24.7. The van der Waals surface area contributed by atoms with Crippen molar-refractivity contribution in [3.63, 3.8) is 0 Å². The average Bonchev–Trinajstić information content (AvgIpc) is 3.12. The fourth-order valence-corrected chi connectivity index (χ4v) is 3.61. The molecule has 12 heteroatoms. The van der Waals surface area contributed by atoms with Crippen LogP contribution in [0.25, 0.3) is 0 Å². The number of nitrogens with zero attached hydrogens (tertiary/aromatic N) is 3. The molecular formula is C22H22F3N5O3S. The summed E-state index contributed by atoms with van der Waals surface area (Å²) in [6.45, 7) is 2.43. The molecule has 2 amide bonds. The van der Waals surface area contributed by atoms with E-state index in [9.17, 15) is 22.8 Å². The number of anilines is 2. The van der Waals surface area contributed by atoms with Crippen molar-refractivity contribution in [1.82, 2.24) is 14.8 Å². The molecule has 0 saturated carbocycles. The molecule has 180 valence electrons. The van der Waals surface area contributed by atoms with Crippen LogP contribution in [0.4, 0.5) is 24.5 Å². The number of carbonyl (C=O) groups is 2. The number of hydrogen-bond donors (Lipinski definition) is 2. The summed E-state index contributed by atoms with van der Waals surface area (Å²) in [6, 6.07) is 11.3. The minimum absolute atomic E-state index is 0.0340. The van der Waals surface area contributed by atoms with E-state index in [2.05, 4.69) is 20.8 Å². The highest BCUT2D eigenvalue weighted by molar-refractivity contribution is 7.99. The average molecular weight is 494 g/mol. The smallest absolute Gasteiger partial charge is 0.416 e. The lowest BCUT2D eigenvalue weighted by Gasteiger charge is -2.10. The van der Waals surface area contributed by atoms with E-state index in [4.69, 9.17) is 4.74 Å². The highest BCUT2D eigenvalue weighted by Gasteiger charge is 2.30. The number of rotatable bonds is 9. The predicted molar refractivity (Wildman–Crippen MR) is 122 cm³/mol. The van der Waals surface area contributed by atoms with E-state index in [0.29, 0.717) is 29.0 Å². The van der Waals surface area contributed by atoms with Crippen LogP contribution in [-0.2, 0) is 29.2 Å². The Morgan fingerprint density at radius 1 is 1.03 bits per heavy atom. The predicted octanol–water partition coefficient (Wildman–Crippen LogP) is 4.14. The molecule has 1 heterocycles. The third-order valence-corrected chi connectivity index (χ3v) is 5.52. The molecule has 0 unspecified atom stereocenters. The number of carbonyl (C=O) groups excluding carboxylic acids is 2. The van der Waals surface area contributed by atoms with Gasteiger partial charge < -0.3 is 19.9 Å². The maximum atomic E-state index is 12.8. The van der Waals surface area contributed by atoms with Crippen molar-refractivity contribution >= 4 is 35.0 Å². The minimum Gasteiger partial charge on any atom is -0.494 e. The van der Waals surface area contributed by atoms with E-state index < -0.39 is 17.6 Å². The van der Waals surface area contributed by atoms with Gasteiger partial charge in [-0.05, 0) is 49.4 Å². The van der Waals surface area contributed by atoms with E-state index in [1.807, 2.05) is 6.92 Å². The van der Waals surface area contributed by atoms with Crippen molar-refractivity contribution in [2.75, 3.05) is 23.0 Å². The topological polar surface area (TPSA) is 98.1 Å². The van der Waals surface area contributed by atoms with Gasteiger partial charge in [0.15, 0.2) is 5.16 Å². The second-order valence-corrected chi connectivity index (χ2v) is 8.00. The Morgan fingerprint density at radius 2 is 1.74 bits per heavy atom. The molecule has 34 heavy (non-hydrogen) atoms. The molecule has 2 aromatic carbocycles. The molecule has 3 rings (SSSR count). The summed E-state index contributed by atoms with van der Waals surface area (Å²) in [5.74, 6) is 0.207. The number of benzene rings is 2. The lowest BCUT2D eigenvalue weighted by Crippen LogP contribution is -2.17. The standard InChI is InChI=1S/C22H22F3N5O3S/c1-3-33-17-9-7-15(8-10-17)26-19(31)12-18-28-29-21(30(18)2)34-13-20(32)27-16-6-4-5-14(11-16)22(23,24)25/h4-11H,3,12-13H2,1-2H3,(H,26,31)(H,27,32). The van der Waals surface area contributed by atoms with Gasteiger partial charge in [-0.1, -0.05) is 17.8 Å². The van der Waals surface area contributed by atoms with Crippen LogP contribution in [0.15, 0.2) is 53.7 Å². The van der Waals surface area contributed by atoms with Gasteiger partial charge in [0.25, 0.3) is 0 Å². The Bertz CT molecular complexity index is 1150. The van der Waals surface area contributed by atoms with Crippen molar-refractivity contribution in [3.05, 3.63) is 59.9 Å². The highest BCUT2D eigenvalue weighted by Crippen LogP contribution is 2.30. The summed E-state index contributed by atoms with van der Waals surface area (Å²) in [6.07, 6.45) is -4.53. The van der Waals surface area contributed by atoms with E-state index in [-0.39, 0.29) is 23.8 Å². The Labute approximate surface area is 197 Å². The first-order valence-corrected chi connectivity index (χ1v) is 11.1. The van der Waals surface area contributed by atoms with E-state index in [1.165, 1.54) is 12.1 Å². The molecule has 0 radical (unpaired) electrons. The lowest BCUT2D eigenvalue weighted by atomic mass is 10.2. The molecule has 0 spiro atoms. The van der Waals surface area contributed by atoms with Crippen LogP contribution in [0, 0.1) is 0 Å². The van der Waals surface area contributed by atoms with Crippen LogP contribution in [0.2, 0.25) is 0 Å². The number of alkyl halides is 3. The van der Waals surface area contributed by atoms with Crippen LogP contribution >= 0.6 is 11.8 Å². The Hall–Kier alpha value is -3.54. The molecule has 0 aliphatic carbocycles. The molecule has 0 aliphatic rings. The summed E-state index contributed by atoms with van der Waals surface area (Å²) in [7, 11) is 1.66. The van der Waals surface area contributed by atoms with Crippen molar-refractivity contribution in [3.8, 4) is 5.75 Å². The van der Waals surface area contributed by atoms with Gasteiger partial charge in [-0.3, -0.25) is 9.59 Å². The fourth-order valence-electron chi connectivity index (χ4n) is 2.88. The van der Waals surface area contributed by atoms with Crippen molar-refractivity contribution < 1.29 is 27.5 Å². The van der Waals surface area contributed by atoms with Crippen molar-refractivity contribution in [2.24, 2.45) is 7.05 Å². The first-order chi connectivity index (χ1) is 16.2. The van der Waals surface area contributed by atoms with Crippen LogP contribution in [0.1, 0.15) is 18.3 Å². The van der Waals surface area contributed by atoms with Gasteiger partial charge in [0, 0.05) is 18.4 Å². The maximum absolute atomic E-state index is 12.8. The van der Waals surface area contributed by atoms with Gasteiger partial charge in [-0.25, -0.2) is 0 Å². The quantitative estimate of drug-likeness (QED) is 0.435. The number of hydrogen-bond acceptors (Lipinski definition) is 6. The van der Waals surface area contributed by atoms with Crippen LogP contribution in [0.3, 0.4) is 0 Å². The Kier molecular flexibility index (Phi) is 8.16. The number of ether oxygens (including phenoxy) is 1. The van der Waals surface area contributed by atoms with Gasteiger partial charge in [-0.2, -0.15) is 13.2 Å². The van der Waals surface area contributed by atoms with Crippen molar-refractivity contribution in [2.45, 2.75) is 24.7 Å². The van der Waals surface area contributed by atoms with Gasteiger partial charge >= 0.3 is 6.18 Å². The summed E-state index contributed by atoms with van der Waals surface area (Å²) in [4.78, 5) is 24.5. The van der Waals surface area contributed by atoms with Gasteiger partial charge in [0.2, 0.25) is 11.8 Å². The molecule has 0 saturated heterocycles. The third-order valence-electron chi connectivity index (χ3n) is 4.50. The van der Waals surface area contributed by atoms with Crippen LogP contribution in [-0.4, -0.2) is 38.9 Å². The number of amides is 2. The molecule has 0 fully saturated rings. The summed E-state index contributed by atoms with van der Waals surface area (Å²) in [5, 5.41) is 13.6. The molecule has 0 bridgehead atoms. The highest BCUT2D eigenvalue weighted by atomic mass is 32.2. The SMILES string of the molecule is CCOc1ccc(NC(=O)Cc2nnc(SCC(=O)Nc3cccc(C(F)(F)F)c3)n2C)cc1. The molecule has 3 aromatic rings. The molecule has 0 aliphatic heterocycles.